The highest BCUT2D eigenvalue weighted by molar-refractivity contribution is 4.85. The van der Waals surface area contributed by atoms with E-state index in [2.05, 4.69) is 36.0 Å². The lowest BCUT2D eigenvalue weighted by Crippen LogP contribution is -2.50. The van der Waals surface area contributed by atoms with Crippen molar-refractivity contribution in [2.75, 3.05) is 39.8 Å². The van der Waals surface area contributed by atoms with Crippen molar-refractivity contribution in [3.05, 3.63) is 0 Å². The first-order valence-electron chi connectivity index (χ1n) is 8.35. The lowest BCUT2D eigenvalue weighted by Gasteiger charge is -2.42. The van der Waals surface area contributed by atoms with Crippen molar-refractivity contribution in [1.29, 1.82) is 0 Å². The Morgan fingerprint density at radius 2 is 2.16 bits per heavy atom. The molecule has 0 aliphatic carbocycles. The van der Waals surface area contributed by atoms with E-state index >= 15 is 0 Å². The number of nitrogens with one attached hydrogen (secondary N) is 1. The summed E-state index contributed by atoms with van der Waals surface area (Å²) in [5.74, 6) is 0.885. The zero-order valence-electron chi connectivity index (χ0n) is 13.2. The first-order valence-corrected chi connectivity index (χ1v) is 8.35. The molecule has 0 aromatic heterocycles. The van der Waals surface area contributed by atoms with E-state index in [1.807, 2.05) is 0 Å². The number of hydrogen-bond acceptors (Lipinski definition) is 3. The van der Waals surface area contributed by atoms with Crippen LogP contribution < -0.4 is 5.32 Å². The van der Waals surface area contributed by atoms with Gasteiger partial charge < -0.3 is 10.2 Å². The van der Waals surface area contributed by atoms with E-state index in [9.17, 15) is 0 Å². The van der Waals surface area contributed by atoms with Gasteiger partial charge in [0.05, 0.1) is 0 Å². The van der Waals surface area contributed by atoms with Gasteiger partial charge in [-0.1, -0.05) is 6.92 Å². The largest absolute Gasteiger partial charge is 0.316 e. The Morgan fingerprint density at radius 1 is 1.32 bits per heavy atom. The summed E-state index contributed by atoms with van der Waals surface area (Å²) in [5.41, 5.74) is 0. The maximum absolute atomic E-state index is 3.57. The molecule has 3 nitrogen and oxygen atoms in total. The second-order valence-electron chi connectivity index (χ2n) is 6.72. The molecule has 0 aromatic carbocycles. The van der Waals surface area contributed by atoms with E-state index < -0.39 is 0 Å². The minimum atomic E-state index is 0.752. The summed E-state index contributed by atoms with van der Waals surface area (Å²) >= 11 is 0. The normalized spacial score (nSPS) is 33.8. The Balaban J connectivity index is 1.87. The summed E-state index contributed by atoms with van der Waals surface area (Å²) in [6, 6.07) is 1.58. The fraction of sp³-hybridized carbons (Fsp3) is 1.00. The predicted octanol–water partition coefficient (Wildman–Crippen LogP) is 2.18. The molecular formula is C16H33N3. The van der Waals surface area contributed by atoms with Crippen LogP contribution in [-0.2, 0) is 0 Å². The molecule has 112 valence electrons. The van der Waals surface area contributed by atoms with Crippen LogP contribution in [0.15, 0.2) is 0 Å². The van der Waals surface area contributed by atoms with Crippen LogP contribution in [0, 0.1) is 5.92 Å². The number of nitrogens with zero attached hydrogens (tertiary/aromatic N) is 2. The monoisotopic (exact) mass is 267 g/mol. The van der Waals surface area contributed by atoms with Gasteiger partial charge in [0.1, 0.15) is 0 Å². The summed E-state index contributed by atoms with van der Waals surface area (Å²) in [5, 5.41) is 3.57. The second-order valence-corrected chi connectivity index (χ2v) is 6.72. The molecule has 0 aromatic rings. The van der Waals surface area contributed by atoms with E-state index in [1.165, 1.54) is 64.8 Å². The lowest BCUT2D eigenvalue weighted by atomic mass is 9.94. The van der Waals surface area contributed by atoms with Crippen LogP contribution in [-0.4, -0.2) is 61.7 Å². The quantitative estimate of drug-likeness (QED) is 0.824. The van der Waals surface area contributed by atoms with Crippen molar-refractivity contribution in [2.24, 2.45) is 5.92 Å². The minimum Gasteiger partial charge on any atom is -0.316 e. The van der Waals surface area contributed by atoms with Crippen LogP contribution in [0.4, 0.5) is 0 Å². The van der Waals surface area contributed by atoms with Crippen molar-refractivity contribution in [3.8, 4) is 0 Å². The summed E-state index contributed by atoms with van der Waals surface area (Å²) in [4.78, 5) is 5.32. The fourth-order valence-electron chi connectivity index (χ4n) is 3.72. The van der Waals surface area contributed by atoms with Gasteiger partial charge in [-0.15, -0.1) is 0 Å². The third-order valence-corrected chi connectivity index (χ3v) is 5.10. The van der Waals surface area contributed by atoms with Gasteiger partial charge >= 0.3 is 0 Å². The molecule has 2 saturated heterocycles. The van der Waals surface area contributed by atoms with E-state index in [1.54, 1.807) is 0 Å². The molecule has 0 bridgehead atoms. The van der Waals surface area contributed by atoms with Gasteiger partial charge in [-0.3, -0.25) is 4.90 Å². The molecule has 0 amide bonds. The first kappa shape index (κ1) is 15.3. The smallest absolute Gasteiger partial charge is 0.0122 e. The van der Waals surface area contributed by atoms with Crippen molar-refractivity contribution in [3.63, 3.8) is 0 Å². The topological polar surface area (TPSA) is 18.5 Å². The molecule has 0 radical (unpaired) electrons. The van der Waals surface area contributed by atoms with Crippen LogP contribution in [0.25, 0.3) is 0 Å². The van der Waals surface area contributed by atoms with Crippen LogP contribution in [0.2, 0.25) is 0 Å². The SMILES string of the molecule is CCCN(CC1CCCNC1)C1CCN(C)C(C)C1. The van der Waals surface area contributed by atoms with E-state index in [-0.39, 0.29) is 0 Å². The Morgan fingerprint density at radius 3 is 2.79 bits per heavy atom. The van der Waals surface area contributed by atoms with Crippen LogP contribution >= 0.6 is 0 Å². The van der Waals surface area contributed by atoms with Crippen molar-refractivity contribution >= 4 is 0 Å². The molecule has 3 heteroatoms. The first-order chi connectivity index (χ1) is 9.20. The molecule has 0 saturated carbocycles. The third kappa shape index (κ3) is 4.44. The number of rotatable bonds is 5. The maximum Gasteiger partial charge on any atom is 0.0122 e. The highest BCUT2D eigenvalue weighted by Gasteiger charge is 2.28. The molecule has 3 unspecified atom stereocenters. The lowest BCUT2D eigenvalue weighted by molar-refractivity contribution is 0.0729. The third-order valence-electron chi connectivity index (χ3n) is 5.10. The Bertz CT molecular complexity index is 250. The summed E-state index contributed by atoms with van der Waals surface area (Å²) < 4.78 is 0. The van der Waals surface area contributed by atoms with E-state index in [0.29, 0.717) is 0 Å². The molecule has 1 N–H and O–H groups in total. The Hall–Kier alpha value is -0.120. The summed E-state index contributed by atoms with van der Waals surface area (Å²) in [6.45, 7) is 11.1. The number of hydrogen-bond donors (Lipinski definition) is 1. The number of piperidine rings is 2. The van der Waals surface area contributed by atoms with Crippen molar-refractivity contribution < 1.29 is 0 Å². The van der Waals surface area contributed by atoms with Gasteiger partial charge in [0, 0.05) is 18.6 Å². The van der Waals surface area contributed by atoms with Crippen LogP contribution in [0.3, 0.4) is 0 Å². The van der Waals surface area contributed by atoms with Gasteiger partial charge in [-0.25, -0.2) is 0 Å². The van der Waals surface area contributed by atoms with Gasteiger partial charge in [0.25, 0.3) is 0 Å². The van der Waals surface area contributed by atoms with Gasteiger partial charge in [-0.2, -0.15) is 0 Å². The van der Waals surface area contributed by atoms with Crippen LogP contribution in [0.5, 0.6) is 0 Å². The average molecular weight is 267 g/mol. The van der Waals surface area contributed by atoms with Crippen molar-refractivity contribution in [1.82, 2.24) is 15.1 Å². The molecule has 2 heterocycles. The molecule has 2 fully saturated rings. The van der Waals surface area contributed by atoms with Gasteiger partial charge in [0.15, 0.2) is 0 Å². The molecule has 2 rings (SSSR count). The summed E-state index contributed by atoms with van der Waals surface area (Å²) in [6.07, 6.45) is 6.81. The van der Waals surface area contributed by atoms with Gasteiger partial charge in [-0.05, 0) is 78.2 Å². The minimum absolute atomic E-state index is 0.752. The number of likely N-dealkylation sites (tertiary alicyclic amines) is 1. The highest BCUT2D eigenvalue weighted by Crippen LogP contribution is 2.23. The van der Waals surface area contributed by atoms with Gasteiger partial charge in [0.2, 0.25) is 0 Å². The second kappa shape index (κ2) is 7.61. The van der Waals surface area contributed by atoms with Crippen molar-refractivity contribution in [2.45, 2.75) is 58.0 Å². The molecule has 2 aliphatic heterocycles. The molecule has 2 aliphatic rings. The fourth-order valence-corrected chi connectivity index (χ4v) is 3.72. The average Bonchev–Trinajstić information content (AvgIpc) is 2.43. The molecule has 3 atom stereocenters. The predicted molar refractivity (Wildman–Crippen MR) is 82.6 cm³/mol. The zero-order valence-corrected chi connectivity index (χ0v) is 13.2. The van der Waals surface area contributed by atoms with E-state index in [0.717, 1.165) is 18.0 Å². The maximum atomic E-state index is 3.57. The summed E-state index contributed by atoms with van der Waals surface area (Å²) in [7, 11) is 2.27. The standard InChI is InChI=1S/C16H33N3/c1-4-9-19(13-15-6-5-8-17-12-15)16-7-10-18(3)14(2)11-16/h14-17H,4-13H2,1-3H3. The Kier molecular flexibility index (Phi) is 6.11. The molecule has 19 heavy (non-hydrogen) atoms. The molecule has 0 spiro atoms. The van der Waals surface area contributed by atoms with Crippen LogP contribution in [0.1, 0.15) is 46.0 Å². The highest BCUT2D eigenvalue weighted by atomic mass is 15.2. The molecular weight excluding hydrogens is 234 g/mol. The van der Waals surface area contributed by atoms with E-state index in [4.69, 9.17) is 0 Å². The Labute approximate surface area is 119 Å². The zero-order chi connectivity index (χ0) is 13.7.